The molecule has 2 rings (SSSR count). The lowest BCUT2D eigenvalue weighted by atomic mass is 10.2. The van der Waals surface area contributed by atoms with Gasteiger partial charge in [-0.25, -0.2) is 13.4 Å². The number of sulfone groups is 1. The Morgan fingerprint density at radius 1 is 1.48 bits per heavy atom. The number of methoxy groups -OCH3 is 1. The Bertz CT molecular complexity index is 638. The minimum Gasteiger partial charge on any atom is -0.469 e. The molecule has 116 valence electrons. The van der Waals surface area contributed by atoms with E-state index < -0.39 is 27.0 Å². The topological polar surface area (TPSA) is 102 Å². The third-order valence-electron chi connectivity index (χ3n) is 3.21. The van der Waals surface area contributed by atoms with E-state index in [1.54, 1.807) is 5.38 Å². The van der Waals surface area contributed by atoms with E-state index in [1.807, 2.05) is 0 Å². The van der Waals surface area contributed by atoms with Gasteiger partial charge in [0.1, 0.15) is 5.25 Å². The molecule has 0 aliphatic carbocycles. The highest BCUT2D eigenvalue weighted by atomic mass is 32.2. The molecule has 1 N–H and O–H groups in total. The van der Waals surface area contributed by atoms with Gasteiger partial charge < -0.3 is 10.1 Å². The molecule has 1 saturated heterocycles. The molecule has 7 nitrogen and oxygen atoms in total. The minimum atomic E-state index is -3.37. The Kier molecular flexibility index (Phi) is 4.94. The van der Waals surface area contributed by atoms with Crippen LogP contribution in [0.15, 0.2) is 5.38 Å². The predicted octanol–water partition coefficient (Wildman–Crippen LogP) is 0.764. The summed E-state index contributed by atoms with van der Waals surface area (Å²) >= 11 is 1.15. The molecule has 0 radical (unpaired) electrons. The van der Waals surface area contributed by atoms with E-state index in [2.05, 4.69) is 15.0 Å². The predicted molar refractivity (Wildman–Crippen MR) is 77.9 cm³/mol. The number of anilines is 1. The molecule has 1 fully saturated rings. The van der Waals surface area contributed by atoms with Crippen molar-refractivity contribution in [1.29, 1.82) is 0 Å². The van der Waals surface area contributed by atoms with E-state index in [9.17, 15) is 18.0 Å². The van der Waals surface area contributed by atoms with Crippen molar-refractivity contribution in [3.05, 3.63) is 11.1 Å². The lowest BCUT2D eigenvalue weighted by molar-refractivity contribution is -0.139. The number of thiazole rings is 1. The summed E-state index contributed by atoms with van der Waals surface area (Å²) < 4.78 is 28.3. The molecule has 0 spiro atoms. The zero-order valence-corrected chi connectivity index (χ0v) is 13.1. The normalized spacial score (nSPS) is 20.7. The lowest BCUT2D eigenvalue weighted by Crippen LogP contribution is -2.39. The molecule has 1 aliphatic rings. The maximum absolute atomic E-state index is 12.1. The average molecular weight is 332 g/mol. The molecular formula is C12H16N2O5S2. The summed E-state index contributed by atoms with van der Waals surface area (Å²) in [5.74, 6) is -0.919. The minimum absolute atomic E-state index is 0.0185. The molecule has 0 bridgehead atoms. The summed E-state index contributed by atoms with van der Waals surface area (Å²) in [5, 5.41) is 3.43. The van der Waals surface area contributed by atoms with Crippen molar-refractivity contribution in [2.75, 3.05) is 18.2 Å². The third-order valence-corrected chi connectivity index (χ3v) is 6.19. The van der Waals surface area contributed by atoms with Crippen LogP contribution >= 0.6 is 11.3 Å². The summed E-state index contributed by atoms with van der Waals surface area (Å²) in [4.78, 5) is 27.2. The van der Waals surface area contributed by atoms with Crippen LogP contribution in [0, 0.1) is 0 Å². The van der Waals surface area contributed by atoms with Gasteiger partial charge in [0, 0.05) is 5.38 Å². The van der Waals surface area contributed by atoms with Crippen LogP contribution in [0.2, 0.25) is 0 Å². The van der Waals surface area contributed by atoms with Crippen molar-refractivity contribution >= 4 is 38.2 Å². The second-order valence-electron chi connectivity index (χ2n) is 4.74. The van der Waals surface area contributed by atoms with Gasteiger partial charge in [0.2, 0.25) is 5.91 Å². The zero-order valence-electron chi connectivity index (χ0n) is 11.5. The molecular weight excluding hydrogens is 316 g/mol. The van der Waals surface area contributed by atoms with Gasteiger partial charge in [-0.1, -0.05) is 6.42 Å². The van der Waals surface area contributed by atoms with Crippen molar-refractivity contribution in [2.45, 2.75) is 30.9 Å². The number of aromatic nitrogens is 1. The molecule has 1 atom stereocenters. The maximum atomic E-state index is 12.1. The van der Waals surface area contributed by atoms with Gasteiger partial charge in [-0.15, -0.1) is 11.3 Å². The first-order valence-electron chi connectivity index (χ1n) is 6.46. The second-order valence-corrected chi connectivity index (χ2v) is 7.90. The number of nitrogens with zero attached hydrogens (tertiary/aromatic N) is 1. The van der Waals surface area contributed by atoms with Crippen LogP contribution in [-0.2, 0) is 30.6 Å². The van der Waals surface area contributed by atoms with Crippen LogP contribution in [0.5, 0.6) is 0 Å². The van der Waals surface area contributed by atoms with Gasteiger partial charge in [-0.3, -0.25) is 9.59 Å². The molecule has 21 heavy (non-hydrogen) atoms. The van der Waals surface area contributed by atoms with Gasteiger partial charge in [0.25, 0.3) is 0 Å². The Balaban J connectivity index is 2.01. The smallest absolute Gasteiger partial charge is 0.311 e. The van der Waals surface area contributed by atoms with Crippen molar-refractivity contribution in [3.63, 3.8) is 0 Å². The Labute approximate surface area is 126 Å². The molecule has 1 amide bonds. The van der Waals surface area contributed by atoms with E-state index in [0.717, 1.165) is 17.8 Å². The Hall–Kier alpha value is -1.48. The fourth-order valence-corrected chi connectivity index (χ4v) is 4.62. The number of nitrogens with one attached hydrogen (secondary N) is 1. The Morgan fingerprint density at radius 3 is 2.90 bits per heavy atom. The van der Waals surface area contributed by atoms with Gasteiger partial charge >= 0.3 is 5.97 Å². The number of ether oxygens (including phenoxy) is 1. The van der Waals surface area contributed by atoms with Gasteiger partial charge in [-0.05, 0) is 12.8 Å². The number of amides is 1. The van der Waals surface area contributed by atoms with E-state index >= 15 is 0 Å². The number of carbonyl (C=O) groups excluding carboxylic acids is 2. The van der Waals surface area contributed by atoms with Gasteiger partial charge in [0.05, 0.1) is 25.0 Å². The Morgan fingerprint density at radius 2 is 2.24 bits per heavy atom. The highest BCUT2D eigenvalue weighted by Crippen LogP contribution is 2.22. The lowest BCUT2D eigenvalue weighted by Gasteiger charge is -2.20. The molecule has 1 unspecified atom stereocenters. The molecule has 0 aromatic carbocycles. The largest absolute Gasteiger partial charge is 0.469 e. The van der Waals surface area contributed by atoms with Crippen molar-refractivity contribution in [1.82, 2.24) is 4.98 Å². The first kappa shape index (κ1) is 15.9. The molecule has 1 aromatic heterocycles. The number of rotatable bonds is 4. The number of hydrogen-bond donors (Lipinski definition) is 1. The van der Waals surface area contributed by atoms with Crippen LogP contribution < -0.4 is 5.32 Å². The van der Waals surface area contributed by atoms with Crippen LogP contribution in [0.25, 0.3) is 0 Å². The molecule has 9 heteroatoms. The van der Waals surface area contributed by atoms with Crippen LogP contribution in [0.3, 0.4) is 0 Å². The summed E-state index contributed by atoms with van der Waals surface area (Å²) in [6.45, 7) is 0. The number of hydrogen-bond acceptors (Lipinski definition) is 7. The third kappa shape index (κ3) is 4.01. The standard InChI is InChI=1S/C12H16N2O5S2/c1-19-10(15)6-8-7-20-12(13-8)14-11(16)9-4-2-3-5-21(9,17)18/h7,9H,2-6H2,1H3,(H,13,14,16). The molecule has 2 heterocycles. The maximum Gasteiger partial charge on any atom is 0.311 e. The van der Waals surface area contributed by atoms with E-state index in [1.165, 1.54) is 7.11 Å². The first-order valence-corrected chi connectivity index (χ1v) is 9.05. The highest BCUT2D eigenvalue weighted by molar-refractivity contribution is 7.92. The van der Waals surface area contributed by atoms with E-state index in [4.69, 9.17) is 0 Å². The van der Waals surface area contributed by atoms with Gasteiger partial charge in [-0.2, -0.15) is 0 Å². The summed E-state index contributed by atoms with van der Waals surface area (Å²) in [5.41, 5.74) is 0.480. The van der Waals surface area contributed by atoms with Crippen LogP contribution in [0.4, 0.5) is 5.13 Å². The molecule has 1 aliphatic heterocycles. The van der Waals surface area contributed by atoms with E-state index in [-0.39, 0.29) is 12.2 Å². The number of carbonyl (C=O) groups is 2. The summed E-state index contributed by atoms with van der Waals surface area (Å²) in [7, 11) is -2.09. The SMILES string of the molecule is COC(=O)Cc1csc(NC(=O)C2CCCCS2(=O)=O)n1. The fourth-order valence-electron chi connectivity index (χ4n) is 2.10. The zero-order chi connectivity index (χ0) is 15.5. The quantitative estimate of drug-likeness (QED) is 0.817. The summed E-state index contributed by atoms with van der Waals surface area (Å²) in [6.07, 6.45) is 1.69. The van der Waals surface area contributed by atoms with Gasteiger partial charge in [0.15, 0.2) is 15.0 Å². The highest BCUT2D eigenvalue weighted by Gasteiger charge is 2.35. The van der Waals surface area contributed by atoms with Crippen molar-refractivity contribution in [3.8, 4) is 0 Å². The van der Waals surface area contributed by atoms with Crippen molar-refractivity contribution < 1.29 is 22.7 Å². The first-order chi connectivity index (χ1) is 9.92. The average Bonchev–Trinajstić information content (AvgIpc) is 2.85. The molecule has 0 saturated carbocycles. The van der Waals surface area contributed by atoms with Crippen molar-refractivity contribution in [2.24, 2.45) is 0 Å². The van der Waals surface area contributed by atoms with Crippen LogP contribution in [-0.4, -0.2) is 43.4 Å². The van der Waals surface area contributed by atoms with Crippen LogP contribution in [0.1, 0.15) is 25.0 Å². The van der Waals surface area contributed by atoms with E-state index in [0.29, 0.717) is 23.7 Å². The monoisotopic (exact) mass is 332 g/mol. The molecule has 1 aromatic rings. The number of esters is 1. The second kappa shape index (κ2) is 6.52. The summed E-state index contributed by atoms with van der Waals surface area (Å²) in [6, 6.07) is 0. The fraction of sp³-hybridized carbons (Fsp3) is 0.583.